The van der Waals surface area contributed by atoms with Gasteiger partial charge >= 0.3 is 6.18 Å². The fourth-order valence-corrected chi connectivity index (χ4v) is 3.71. The molecule has 146 valence electrons. The molecule has 0 bridgehead atoms. The first-order valence-corrected chi connectivity index (χ1v) is 8.51. The Labute approximate surface area is 160 Å². The van der Waals surface area contributed by atoms with Crippen LogP contribution in [0.4, 0.5) is 17.6 Å². The second-order valence-corrected chi connectivity index (χ2v) is 6.99. The van der Waals surface area contributed by atoms with Crippen molar-refractivity contribution in [2.75, 3.05) is 0 Å². The van der Waals surface area contributed by atoms with Crippen LogP contribution in [0.1, 0.15) is 18.4 Å². The maximum atomic E-state index is 13.6. The zero-order chi connectivity index (χ0) is 20.3. The maximum absolute atomic E-state index is 13.6. The van der Waals surface area contributed by atoms with Gasteiger partial charge in [0.05, 0.1) is 11.9 Å². The molecule has 4 rings (SSSR count). The molecule has 3 heterocycles. The molecule has 3 aromatic rings. The highest BCUT2D eigenvalue weighted by Crippen LogP contribution is 2.44. The Kier molecular flexibility index (Phi) is 4.07. The molecule has 0 aliphatic heterocycles. The molecular weight excluding hydrogens is 402 g/mol. The summed E-state index contributed by atoms with van der Waals surface area (Å²) in [6.07, 6.45) is -2.89. The van der Waals surface area contributed by atoms with Crippen molar-refractivity contribution < 1.29 is 22.4 Å². The van der Waals surface area contributed by atoms with Crippen LogP contribution in [0.3, 0.4) is 0 Å². The van der Waals surface area contributed by atoms with E-state index in [-0.39, 0.29) is 40.3 Å². The predicted octanol–water partition coefficient (Wildman–Crippen LogP) is 3.48. The average molecular weight is 414 g/mol. The van der Waals surface area contributed by atoms with Gasteiger partial charge in [0, 0.05) is 36.4 Å². The molecule has 1 fully saturated rings. The zero-order valence-electron chi connectivity index (χ0n) is 14.0. The highest BCUT2D eigenvalue weighted by Gasteiger charge is 2.52. The predicted molar refractivity (Wildman–Crippen MR) is 92.1 cm³/mol. The SMILES string of the molecule is NC(=O)C1(n2cnc3c(-c4cnccc4C(F)(F)F)cc(Cl)nc32)CC(F)C1. The van der Waals surface area contributed by atoms with Crippen LogP contribution in [0.2, 0.25) is 5.15 Å². The lowest BCUT2D eigenvalue weighted by Gasteiger charge is -2.42. The number of amides is 1. The number of aromatic nitrogens is 4. The Hall–Kier alpha value is -2.75. The van der Waals surface area contributed by atoms with Crippen LogP contribution < -0.4 is 5.73 Å². The maximum Gasteiger partial charge on any atom is 0.417 e. The lowest BCUT2D eigenvalue weighted by Crippen LogP contribution is -2.56. The van der Waals surface area contributed by atoms with Gasteiger partial charge in [-0.25, -0.2) is 14.4 Å². The zero-order valence-corrected chi connectivity index (χ0v) is 14.8. The summed E-state index contributed by atoms with van der Waals surface area (Å²) in [6.45, 7) is 0. The van der Waals surface area contributed by atoms with Crippen molar-refractivity contribution in [3.63, 3.8) is 0 Å². The van der Waals surface area contributed by atoms with Gasteiger partial charge in [0.2, 0.25) is 5.91 Å². The first kappa shape index (κ1) is 18.6. The number of primary amides is 1. The lowest BCUT2D eigenvalue weighted by molar-refractivity contribution is -0.137. The van der Waals surface area contributed by atoms with Gasteiger partial charge in [0.25, 0.3) is 0 Å². The molecule has 0 atom stereocenters. The van der Waals surface area contributed by atoms with Gasteiger partial charge in [0.15, 0.2) is 5.65 Å². The van der Waals surface area contributed by atoms with Gasteiger partial charge in [-0.15, -0.1) is 0 Å². The number of pyridine rings is 2. The molecule has 28 heavy (non-hydrogen) atoms. The minimum atomic E-state index is -4.63. The molecule has 2 N–H and O–H groups in total. The number of halogens is 5. The van der Waals surface area contributed by atoms with E-state index in [9.17, 15) is 22.4 Å². The van der Waals surface area contributed by atoms with E-state index in [1.54, 1.807) is 0 Å². The summed E-state index contributed by atoms with van der Waals surface area (Å²) in [5.74, 6) is -0.776. The summed E-state index contributed by atoms with van der Waals surface area (Å²) in [7, 11) is 0. The average Bonchev–Trinajstić information content (AvgIpc) is 3.01. The summed E-state index contributed by atoms with van der Waals surface area (Å²) in [6, 6.07) is 2.08. The molecule has 1 aliphatic rings. The number of hydrogen-bond donors (Lipinski definition) is 1. The molecule has 0 spiro atoms. The normalized spacial score (nSPS) is 22.2. The Balaban J connectivity index is 1.98. The number of imidazole rings is 1. The van der Waals surface area contributed by atoms with Gasteiger partial charge in [-0.2, -0.15) is 13.2 Å². The highest BCUT2D eigenvalue weighted by atomic mass is 35.5. The van der Waals surface area contributed by atoms with Crippen molar-refractivity contribution in [1.29, 1.82) is 0 Å². The Morgan fingerprint density at radius 1 is 1.32 bits per heavy atom. The molecule has 0 saturated heterocycles. The summed E-state index contributed by atoms with van der Waals surface area (Å²) < 4.78 is 55.2. The molecule has 6 nitrogen and oxygen atoms in total. The van der Waals surface area contributed by atoms with Gasteiger partial charge < -0.3 is 5.73 Å². The van der Waals surface area contributed by atoms with Crippen molar-refractivity contribution in [2.24, 2.45) is 5.73 Å². The van der Waals surface area contributed by atoms with Crippen LogP contribution in [0, 0.1) is 0 Å². The standard InChI is InChI=1S/C17H12ClF4N5O/c18-12-3-9(10-6-24-2-1-11(10)17(20,21)22)13-14(26-12)27(7-25-13)16(15(23)28)4-8(19)5-16/h1-3,6-8H,4-5H2,(H2,23,28). The molecule has 0 aromatic carbocycles. The number of nitrogens with two attached hydrogens (primary N) is 1. The van der Waals surface area contributed by atoms with E-state index in [4.69, 9.17) is 17.3 Å². The lowest BCUT2D eigenvalue weighted by atomic mass is 9.74. The van der Waals surface area contributed by atoms with Crippen molar-refractivity contribution in [2.45, 2.75) is 30.7 Å². The minimum Gasteiger partial charge on any atom is -0.368 e. The van der Waals surface area contributed by atoms with Crippen LogP contribution in [-0.2, 0) is 16.5 Å². The summed E-state index contributed by atoms with van der Waals surface area (Å²) >= 11 is 6.04. The molecule has 3 aromatic heterocycles. The first-order valence-electron chi connectivity index (χ1n) is 8.13. The first-order chi connectivity index (χ1) is 13.1. The number of nitrogens with zero attached hydrogens (tertiary/aromatic N) is 4. The second-order valence-electron chi connectivity index (χ2n) is 6.60. The number of carbonyl (C=O) groups is 1. The van der Waals surface area contributed by atoms with Crippen LogP contribution in [0.5, 0.6) is 0 Å². The molecular formula is C17H12ClF4N5O. The third kappa shape index (κ3) is 2.70. The van der Waals surface area contributed by atoms with E-state index in [1.165, 1.54) is 17.0 Å². The van der Waals surface area contributed by atoms with Crippen molar-refractivity contribution in [3.05, 3.63) is 41.6 Å². The summed E-state index contributed by atoms with van der Waals surface area (Å²) in [5.41, 5.74) is 3.10. The monoisotopic (exact) mass is 413 g/mol. The quantitative estimate of drug-likeness (QED) is 0.526. The number of hydrogen-bond acceptors (Lipinski definition) is 4. The third-order valence-electron chi connectivity index (χ3n) is 4.93. The van der Waals surface area contributed by atoms with Gasteiger partial charge in [-0.3, -0.25) is 14.3 Å². The van der Waals surface area contributed by atoms with E-state index < -0.39 is 29.4 Å². The van der Waals surface area contributed by atoms with Gasteiger partial charge in [-0.05, 0) is 12.1 Å². The minimum absolute atomic E-state index is 0.0462. The van der Waals surface area contributed by atoms with Crippen LogP contribution in [-0.4, -0.2) is 31.6 Å². The van der Waals surface area contributed by atoms with Crippen LogP contribution >= 0.6 is 11.6 Å². The number of fused-ring (bicyclic) bond motifs is 1. The van der Waals surface area contributed by atoms with Gasteiger partial charge in [-0.1, -0.05) is 11.6 Å². The van der Waals surface area contributed by atoms with Crippen molar-refractivity contribution in [1.82, 2.24) is 19.5 Å². The number of rotatable bonds is 3. The van der Waals surface area contributed by atoms with E-state index in [1.807, 2.05) is 0 Å². The molecule has 1 saturated carbocycles. The molecule has 0 radical (unpaired) electrons. The van der Waals surface area contributed by atoms with Gasteiger partial charge in [0.1, 0.15) is 22.4 Å². The van der Waals surface area contributed by atoms with Crippen molar-refractivity contribution >= 4 is 28.7 Å². The van der Waals surface area contributed by atoms with E-state index in [2.05, 4.69) is 15.0 Å². The second kappa shape index (κ2) is 6.13. The van der Waals surface area contributed by atoms with E-state index in [0.29, 0.717) is 0 Å². The van der Waals surface area contributed by atoms with Crippen LogP contribution in [0.25, 0.3) is 22.3 Å². The number of carbonyl (C=O) groups excluding carboxylic acids is 1. The smallest absolute Gasteiger partial charge is 0.368 e. The summed E-state index contributed by atoms with van der Waals surface area (Å²) in [4.78, 5) is 24.0. The highest BCUT2D eigenvalue weighted by molar-refractivity contribution is 6.30. The molecule has 1 aliphatic carbocycles. The molecule has 11 heteroatoms. The largest absolute Gasteiger partial charge is 0.417 e. The molecule has 0 unspecified atom stereocenters. The Bertz CT molecular complexity index is 1090. The van der Waals surface area contributed by atoms with Crippen molar-refractivity contribution in [3.8, 4) is 11.1 Å². The number of alkyl halides is 4. The summed E-state index contributed by atoms with van der Waals surface area (Å²) in [5, 5.41) is -0.114. The van der Waals surface area contributed by atoms with E-state index in [0.717, 1.165) is 18.5 Å². The Morgan fingerprint density at radius 3 is 2.64 bits per heavy atom. The van der Waals surface area contributed by atoms with Crippen LogP contribution in [0.15, 0.2) is 30.9 Å². The topological polar surface area (TPSA) is 86.7 Å². The van der Waals surface area contributed by atoms with E-state index >= 15 is 0 Å². The fraction of sp³-hybridized carbons (Fsp3) is 0.294. The third-order valence-corrected chi connectivity index (χ3v) is 5.12. The molecule has 1 amide bonds. The Morgan fingerprint density at radius 2 is 2.04 bits per heavy atom. The fourth-order valence-electron chi connectivity index (χ4n) is 3.52.